The van der Waals surface area contributed by atoms with E-state index in [9.17, 15) is 0 Å². The van der Waals surface area contributed by atoms with Crippen LogP contribution in [0.3, 0.4) is 0 Å². The summed E-state index contributed by atoms with van der Waals surface area (Å²) in [6.45, 7) is 9.75. The minimum atomic E-state index is 0.0423. The fourth-order valence-electron chi connectivity index (χ4n) is 2.19. The van der Waals surface area contributed by atoms with Crippen molar-refractivity contribution in [3.05, 3.63) is 24.0 Å². The standard InChI is InChI=1S/C14H21N3/c1-5-9-17-11-8-6-7-10(15)12(11)16-13(17)14(2,3)4/h6-8H,5,9,15H2,1-4H3. The van der Waals surface area contributed by atoms with Crippen molar-refractivity contribution < 1.29 is 0 Å². The number of nitrogens with zero attached hydrogens (tertiary/aromatic N) is 2. The number of anilines is 1. The Labute approximate surface area is 103 Å². The Hall–Kier alpha value is -1.51. The molecule has 0 fully saturated rings. The number of hydrogen-bond donors (Lipinski definition) is 1. The van der Waals surface area contributed by atoms with Crippen molar-refractivity contribution in [3.8, 4) is 0 Å². The van der Waals surface area contributed by atoms with E-state index in [1.807, 2.05) is 12.1 Å². The van der Waals surface area contributed by atoms with E-state index >= 15 is 0 Å². The lowest BCUT2D eigenvalue weighted by molar-refractivity contribution is 0.501. The third-order valence-corrected chi connectivity index (χ3v) is 2.93. The van der Waals surface area contributed by atoms with Crippen LogP contribution in [-0.2, 0) is 12.0 Å². The largest absolute Gasteiger partial charge is 0.397 e. The van der Waals surface area contributed by atoms with E-state index in [0.29, 0.717) is 0 Å². The predicted octanol–water partition coefficient (Wildman–Crippen LogP) is 3.33. The van der Waals surface area contributed by atoms with Gasteiger partial charge in [0, 0.05) is 12.0 Å². The summed E-state index contributed by atoms with van der Waals surface area (Å²) in [4.78, 5) is 4.74. The first-order valence-corrected chi connectivity index (χ1v) is 6.20. The second kappa shape index (κ2) is 4.06. The molecule has 92 valence electrons. The molecule has 3 heteroatoms. The highest BCUT2D eigenvalue weighted by molar-refractivity contribution is 5.87. The normalized spacial score (nSPS) is 12.2. The molecule has 0 aliphatic heterocycles. The van der Waals surface area contributed by atoms with E-state index < -0.39 is 0 Å². The Bertz CT molecular complexity index is 532. The highest BCUT2D eigenvalue weighted by Crippen LogP contribution is 2.29. The average molecular weight is 231 g/mol. The van der Waals surface area contributed by atoms with Crippen LogP contribution in [0.2, 0.25) is 0 Å². The van der Waals surface area contributed by atoms with Gasteiger partial charge in [0.05, 0.1) is 11.2 Å². The van der Waals surface area contributed by atoms with Crippen LogP contribution in [0.5, 0.6) is 0 Å². The molecule has 0 saturated carbocycles. The third kappa shape index (κ3) is 2.02. The maximum Gasteiger partial charge on any atom is 0.115 e. The zero-order valence-electron chi connectivity index (χ0n) is 11.1. The van der Waals surface area contributed by atoms with Crippen molar-refractivity contribution in [1.82, 2.24) is 9.55 Å². The number of aromatic nitrogens is 2. The van der Waals surface area contributed by atoms with Crippen molar-refractivity contribution in [1.29, 1.82) is 0 Å². The number of nitrogen functional groups attached to an aromatic ring is 1. The molecule has 0 radical (unpaired) electrons. The molecule has 0 aliphatic carbocycles. The quantitative estimate of drug-likeness (QED) is 0.806. The van der Waals surface area contributed by atoms with Gasteiger partial charge in [0.1, 0.15) is 11.3 Å². The minimum Gasteiger partial charge on any atom is -0.397 e. The number of rotatable bonds is 2. The van der Waals surface area contributed by atoms with Gasteiger partial charge in [0.25, 0.3) is 0 Å². The molecule has 0 amide bonds. The van der Waals surface area contributed by atoms with Gasteiger partial charge in [0.15, 0.2) is 0 Å². The first kappa shape index (κ1) is 12.0. The van der Waals surface area contributed by atoms with Gasteiger partial charge < -0.3 is 10.3 Å². The monoisotopic (exact) mass is 231 g/mol. The summed E-state index contributed by atoms with van der Waals surface area (Å²) in [5, 5.41) is 0. The molecular formula is C14H21N3. The van der Waals surface area contributed by atoms with E-state index in [-0.39, 0.29) is 5.41 Å². The summed E-state index contributed by atoms with van der Waals surface area (Å²) in [5.41, 5.74) is 8.90. The van der Waals surface area contributed by atoms with Gasteiger partial charge in [-0.25, -0.2) is 4.98 Å². The first-order chi connectivity index (χ1) is 7.95. The minimum absolute atomic E-state index is 0.0423. The fourth-order valence-corrected chi connectivity index (χ4v) is 2.19. The number of hydrogen-bond acceptors (Lipinski definition) is 2. The second-order valence-electron chi connectivity index (χ2n) is 5.55. The van der Waals surface area contributed by atoms with Gasteiger partial charge in [-0.1, -0.05) is 33.8 Å². The molecule has 1 heterocycles. The smallest absolute Gasteiger partial charge is 0.115 e. The van der Waals surface area contributed by atoms with Gasteiger partial charge >= 0.3 is 0 Å². The molecule has 17 heavy (non-hydrogen) atoms. The molecule has 0 spiro atoms. The summed E-state index contributed by atoms with van der Waals surface area (Å²) in [5.74, 6) is 1.12. The molecular weight excluding hydrogens is 210 g/mol. The van der Waals surface area contributed by atoms with E-state index in [0.717, 1.165) is 35.5 Å². The molecule has 2 aromatic rings. The van der Waals surface area contributed by atoms with Crippen LogP contribution in [0.1, 0.15) is 39.9 Å². The number of para-hydroxylation sites is 1. The van der Waals surface area contributed by atoms with E-state index in [1.165, 1.54) is 0 Å². The van der Waals surface area contributed by atoms with Gasteiger partial charge in [-0.3, -0.25) is 0 Å². The van der Waals surface area contributed by atoms with Crippen LogP contribution >= 0.6 is 0 Å². The van der Waals surface area contributed by atoms with E-state index in [1.54, 1.807) is 0 Å². The zero-order valence-corrected chi connectivity index (χ0v) is 11.1. The Kier molecular flexibility index (Phi) is 2.86. The number of imidazole rings is 1. The van der Waals surface area contributed by atoms with Gasteiger partial charge in [-0.05, 0) is 18.6 Å². The maximum absolute atomic E-state index is 6.00. The predicted molar refractivity (Wildman–Crippen MR) is 73.1 cm³/mol. The van der Waals surface area contributed by atoms with Crippen LogP contribution in [0, 0.1) is 0 Å². The van der Waals surface area contributed by atoms with Crippen molar-refractivity contribution in [3.63, 3.8) is 0 Å². The molecule has 3 nitrogen and oxygen atoms in total. The number of aryl methyl sites for hydroxylation is 1. The topological polar surface area (TPSA) is 43.8 Å². The van der Waals surface area contributed by atoms with Crippen LogP contribution in [0.4, 0.5) is 5.69 Å². The van der Waals surface area contributed by atoms with E-state index in [2.05, 4.69) is 38.3 Å². The van der Waals surface area contributed by atoms with Gasteiger partial charge in [0.2, 0.25) is 0 Å². The summed E-state index contributed by atoms with van der Waals surface area (Å²) in [6, 6.07) is 6.01. The van der Waals surface area contributed by atoms with Crippen LogP contribution in [-0.4, -0.2) is 9.55 Å². The van der Waals surface area contributed by atoms with Crippen molar-refractivity contribution >= 4 is 16.7 Å². The maximum atomic E-state index is 6.00. The van der Waals surface area contributed by atoms with E-state index in [4.69, 9.17) is 10.7 Å². The molecule has 0 saturated heterocycles. The van der Waals surface area contributed by atoms with Gasteiger partial charge in [-0.15, -0.1) is 0 Å². The third-order valence-electron chi connectivity index (χ3n) is 2.93. The van der Waals surface area contributed by atoms with Crippen molar-refractivity contribution in [2.24, 2.45) is 0 Å². The summed E-state index contributed by atoms with van der Waals surface area (Å²) in [7, 11) is 0. The van der Waals surface area contributed by atoms with Crippen LogP contribution < -0.4 is 5.73 Å². The van der Waals surface area contributed by atoms with Crippen molar-refractivity contribution in [2.45, 2.75) is 46.1 Å². The second-order valence-corrected chi connectivity index (χ2v) is 5.55. The molecule has 0 atom stereocenters. The molecule has 1 aromatic carbocycles. The molecule has 2 N–H and O–H groups in total. The lowest BCUT2D eigenvalue weighted by atomic mass is 9.95. The highest BCUT2D eigenvalue weighted by Gasteiger charge is 2.22. The lowest BCUT2D eigenvalue weighted by Crippen LogP contribution is -2.19. The van der Waals surface area contributed by atoms with Gasteiger partial charge in [-0.2, -0.15) is 0 Å². The molecule has 0 unspecified atom stereocenters. The van der Waals surface area contributed by atoms with Crippen LogP contribution in [0.25, 0.3) is 11.0 Å². The lowest BCUT2D eigenvalue weighted by Gasteiger charge is -2.19. The fraction of sp³-hybridized carbons (Fsp3) is 0.500. The molecule has 0 bridgehead atoms. The summed E-state index contributed by atoms with van der Waals surface area (Å²) < 4.78 is 2.30. The average Bonchev–Trinajstić information content (AvgIpc) is 2.59. The number of benzene rings is 1. The number of nitrogens with two attached hydrogens (primary N) is 1. The Morgan fingerprint density at radius 1 is 1.29 bits per heavy atom. The Morgan fingerprint density at radius 2 is 2.00 bits per heavy atom. The van der Waals surface area contributed by atoms with Crippen molar-refractivity contribution in [2.75, 3.05) is 5.73 Å². The first-order valence-electron chi connectivity index (χ1n) is 6.20. The SMILES string of the molecule is CCCn1c(C(C)(C)C)nc2c(N)cccc21. The molecule has 0 aliphatic rings. The molecule has 2 rings (SSSR count). The molecule has 1 aromatic heterocycles. The summed E-state index contributed by atoms with van der Waals surface area (Å²) in [6.07, 6.45) is 1.10. The van der Waals surface area contributed by atoms with Crippen LogP contribution in [0.15, 0.2) is 18.2 Å². The summed E-state index contributed by atoms with van der Waals surface area (Å²) >= 11 is 0. The Balaban J connectivity index is 2.75. The zero-order chi connectivity index (χ0) is 12.6. The number of fused-ring (bicyclic) bond motifs is 1. The Morgan fingerprint density at radius 3 is 2.59 bits per heavy atom. The highest BCUT2D eigenvalue weighted by atomic mass is 15.1.